The summed E-state index contributed by atoms with van der Waals surface area (Å²) in [5.41, 5.74) is 1.59. The first-order chi connectivity index (χ1) is 13.5. The molecule has 0 radical (unpaired) electrons. The average molecular weight is 417 g/mol. The Morgan fingerprint density at radius 2 is 2.00 bits per heavy atom. The van der Waals surface area contributed by atoms with Crippen LogP contribution in [0.5, 0.6) is 0 Å². The summed E-state index contributed by atoms with van der Waals surface area (Å²) in [5.74, 6) is -2.88. The van der Waals surface area contributed by atoms with Gasteiger partial charge in [-0.25, -0.2) is 9.18 Å². The van der Waals surface area contributed by atoms with E-state index in [4.69, 9.17) is 9.90 Å². The molecule has 1 aliphatic rings. The third-order valence-corrected chi connectivity index (χ3v) is 4.80. The minimum absolute atomic E-state index is 0.116. The Hall–Kier alpha value is -2.62. The number of hydrogen-bond acceptors (Lipinski definition) is 3. The highest BCUT2D eigenvalue weighted by Gasteiger charge is 2.38. The summed E-state index contributed by atoms with van der Waals surface area (Å²) in [6.07, 6.45) is -0.489. The number of rotatable bonds is 4. The van der Waals surface area contributed by atoms with Crippen molar-refractivity contribution in [1.82, 2.24) is 15.6 Å². The molecule has 0 saturated carbocycles. The van der Waals surface area contributed by atoms with Gasteiger partial charge in [0.25, 0.3) is 0 Å². The predicted octanol–water partition coefficient (Wildman–Crippen LogP) is 2.99. The molecule has 1 aromatic carbocycles. The number of carbonyl (C=O) groups excluding carboxylic acids is 1. The highest BCUT2D eigenvalue weighted by molar-refractivity contribution is 5.84. The molecule has 1 fully saturated rings. The largest absolute Gasteiger partial charge is 0.490 e. The van der Waals surface area contributed by atoms with Crippen LogP contribution >= 0.6 is 0 Å². The topological polar surface area (TPSA) is 94.2 Å². The first-order valence-electron chi connectivity index (χ1n) is 9.07. The zero-order valence-electron chi connectivity index (χ0n) is 15.8. The van der Waals surface area contributed by atoms with Crippen molar-refractivity contribution in [2.45, 2.75) is 32.4 Å². The highest BCUT2D eigenvalue weighted by Crippen LogP contribution is 2.25. The van der Waals surface area contributed by atoms with Crippen LogP contribution in [0.4, 0.5) is 17.6 Å². The van der Waals surface area contributed by atoms with E-state index in [0.717, 1.165) is 48.8 Å². The van der Waals surface area contributed by atoms with Crippen LogP contribution in [0.3, 0.4) is 0 Å². The molecule has 0 bridgehead atoms. The van der Waals surface area contributed by atoms with Gasteiger partial charge in [0.15, 0.2) is 0 Å². The minimum atomic E-state index is -5.08. The van der Waals surface area contributed by atoms with Gasteiger partial charge in [0.05, 0.1) is 5.41 Å². The molecule has 2 heterocycles. The SMILES string of the molecule is CC1(C(=O)NCCc2c[nH]c3cc(F)ccc23)CCCNC1.O=C(O)C(F)(F)F. The number of H-pyrrole nitrogens is 1. The predicted molar refractivity (Wildman–Crippen MR) is 98.9 cm³/mol. The lowest BCUT2D eigenvalue weighted by Gasteiger charge is -2.32. The van der Waals surface area contributed by atoms with E-state index in [0.29, 0.717) is 6.54 Å². The summed E-state index contributed by atoms with van der Waals surface area (Å²) >= 11 is 0. The van der Waals surface area contributed by atoms with Gasteiger partial charge in [-0.3, -0.25) is 4.79 Å². The Morgan fingerprint density at radius 3 is 2.59 bits per heavy atom. The van der Waals surface area contributed by atoms with Gasteiger partial charge in [-0.2, -0.15) is 13.2 Å². The maximum Gasteiger partial charge on any atom is 0.490 e. The summed E-state index contributed by atoms with van der Waals surface area (Å²) in [7, 11) is 0. The van der Waals surface area contributed by atoms with E-state index in [-0.39, 0.29) is 17.1 Å². The molecule has 1 saturated heterocycles. The lowest BCUT2D eigenvalue weighted by Crippen LogP contribution is -2.49. The number of piperidine rings is 1. The van der Waals surface area contributed by atoms with Crippen molar-refractivity contribution in [1.29, 1.82) is 0 Å². The smallest absolute Gasteiger partial charge is 0.475 e. The quantitative estimate of drug-likeness (QED) is 0.576. The summed E-state index contributed by atoms with van der Waals surface area (Å²) in [6.45, 7) is 4.35. The number of benzene rings is 1. The Kier molecular flexibility index (Phi) is 7.23. The Labute approximate surface area is 164 Å². The van der Waals surface area contributed by atoms with Gasteiger partial charge in [-0.05, 0) is 56.5 Å². The molecule has 1 aromatic heterocycles. The summed E-state index contributed by atoms with van der Waals surface area (Å²) in [5, 5.41) is 14.5. The van der Waals surface area contributed by atoms with E-state index in [1.807, 2.05) is 13.1 Å². The van der Waals surface area contributed by atoms with Gasteiger partial charge in [0.2, 0.25) is 5.91 Å². The molecular formula is C19H23F4N3O3. The van der Waals surface area contributed by atoms with Crippen molar-refractivity contribution in [3.63, 3.8) is 0 Å². The maximum atomic E-state index is 13.2. The molecule has 1 amide bonds. The fraction of sp³-hybridized carbons (Fsp3) is 0.474. The number of carbonyl (C=O) groups is 2. The number of amides is 1. The molecule has 6 nitrogen and oxygen atoms in total. The first kappa shape index (κ1) is 22.7. The van der Waals surface area contributed by atoms with Crippen LogP contribution in [0.15, 0.2) is 24.4 Å². The van der Waals surface area contributed by atoms with Gasteiger partial charge in [0, 0.05) is 30.2 Å². The van der Waals surface area contributed by atoms with Crippen LogP contribution in [0.1, 0.15) is 25.3 Å². The number of carboxylic acid groups (broad SMARTS) is 1. The Bertz CT molecular complexity index is 858. The number of carboxylic acids is 1. The molecule has 4 N–H and O–H groups in total. The Balaban J connectivity index is 0.000000370. The van der Waals surface area contributed by atoms with E-state index in [1.165, 1.54) is 12.1 Å². The van der Waals surface area contributed by atoms with E-state index < -0.39 is 12.1 Å². The highest BCUT2D eigenvalue weighted by atomic mass is 19.4. The van der Waals surface area contributed by atoms with Gasteiger partial charge in [0.1, 0.15) is 5.82 Å². The molecule has 0 spiro atoms. The number of aliphatic carboxylic acids is 1. The number of fused-ring (bicyclic) bond motifs is 1. The molecule has 1 unspecified atom stereocenters. The fourth-order valence-corrected chi connectivity index (χ4v) is 3.14. The van der Waals surface area contributed by atoms with Crippen LogP contribution in [0, 0.1) is 11.2 Å². The molecule has 1 atom stereocenters. The normalized spacial score (nSPS) is 19.3. The molecular weight excluding hydrogens is 394 g/mol. The Morgan fingerprint density at radius 1 is 1.31 bits per heavy atom. The second-order valence-corrected chi connectivity index (χ2v) is 7.15. The molecule has 10 heteroatoms. The second kappa shape index (κ2) is 9.25. The standard InChI is InChI=1S/C17H22FN3O.C2HF3O2/c1-17(6-2-7-19-11-17)16(22)20-8-5-12-10-21-15-9-13(18)3-4-14(12)15;3-2(4,5)1(6)7/h3-4,9-10,19,21H,2,5-8,11H2,1H3,(H,20,22);(H,6,7). The molecule has 1 aliphatic heterocycles. The number of aromatic nitrogens is 1. The first-order valence-corrected chi connectivity index (χ1v) is 9.07. The third kappa shape index (κ3) is 6.18. The second-order valence-electron chi connectivity index (χ2n) is 7.15. The zero-order chi connectivity index (χ0) is 21.7. The number of hydrogen-bond donors (Lipinski definition) is 4. The van der Waals surface area contributed by atoms with Gasteiger partial charge in [-0.15, -0.1) is 0 Å². The van der Waals surface area contributed by atoms with Crippen molar-refractivity contribution in [2.24, 2.45) is 5.41 Å². The van der Waals surface area contributed by atoms with E-state index in [9.17, 15) is 22.4 Å². The van der Waals surface area contributed by atoms with Gasteiger partial charge in [-0.1, -0.05) is 0 Å². The van der Waals surface area contributed by atoms with E-state index in [2.05, 4.69) is 15.6 Å². The average Bonchev–Trinajstić information content (AvgIpc) is 3.04. The van der Waals surface area contributed by atoms with Crippen molar-refractivity contribution in [2.75, 3.05) is 19.6 Å². The maximum absolute atomic E-state index is 13.2. The lowest BCUT2D eigenvalue weighted by atomic mass is 9.82. The summed E-state index contributed by atoms with van der Waals surface area (Å²) < 4.78 is 44.9. The van der Waals surface area contributed by atoms with Crippen LogP contribution < -0.4 is 10.6 Å². The van der Waals surface area contributed by atoms with Crippen molar-refractivity contribution in [3.05, 3.63) is 35.8 Å². The monoisotopic (exact) mass is 417 g/mol. The third-order valence-electron chi connectivity index (χ3n) is 4.80. The molecule has 3 rings (SSSR count). The number of alkyl halides is 3. The molecule has 0 aliphatic carbocycles. The van der Waals surface area contributed by atoms with Crippen molar-refractivity contribution in [3.8, 4) is 0 Å². The van der Waals surface area contributed by atoms with Crippen molar-refractivity contribution < 1.29 is 32.3 Å². The number of nitrogens with one attached hydrogen (secondary N) is 3. The molecule has 29 heavy (non-hydrogen) atoms. The molecule has 2 aromatic rings. The zero-order valence-corrected chi connectivity index (χ0v) is 15.8. The lowest BCUT2D eigenvalue weighted by molar-refractivity contribution is -0.192. The van der Waals surface area contributed by atoms with Gasteiger partial charge < -0.3 is 20.7 Å². The van der Waals surface area contributed by atoms with Crippen LogP contribution in [0.25, 0.3) is 10.9 Å². The van der Waals surface area contributed by atoms with E-state index >= 15 is 0 Å². The van der Waals surface area contributed by atoms with Crippen LogP contribution in [0.2, 0.25) is 0 Å². The van der Waals surface area contributed by atoms with Crippen LogP contribution in [-0.4, -0.2) is 47.8 Å². The number of aromatic amines is 1. The van der Waals surface area contributed by atoms with E-state index in [1.54, 1.807) is 6.07 Å². The van der Waals surface area contributed by atoms with Crippen molar-refractivity contribution >= 4 is 22.8 Å². The molecule has 160 valence electrons. The fourth-order valence-electron chi connectivity index (χ4n) is 3.14. The van der Waals surface area contributed by atoms with Gasteiger partial charge >= 0.3 is 12.1 Å². The van der Waals surface area contributed by atoms with Crippen LogP contribution in [-0.2, 0) is 16.0 Å². The summed E-state index contributed by atoms with van der Waals surface area (Å²) in [4.78, 5) is 24.3. The summed E-state index contributed by atoms with van der Waals surface area (Å²) in [6, 6.07) is 4.74. The number of halogens is 4. The minimum Gasteiger partial charge on any atom is -0.475 e.